The van der Waals surface area contributed by atoms with Gasteiger partial charge in [0.2, 0.25) is 11.8 Å². The van der Waals surface area contributed by atoms with Gasteiger partial charge in [-0.15, -0.1) is 11.3 Å². The number of aromatic nitrogens is 1. The van der Waals surface area contributed by atoms with Crippen molar-refractivity contribution >= 4 is 33.4 Å². The molecule has 1 aromatic heterocycles. The highest BCUT2D eigenvalue weighted by atomic mass is 32.1. The van der Waals surface area contributed by atoms with Crippen LogP contribution in [0, 0.1) is 11.3 Å². The molecule has 0 fully saturated rings. The van der Waals surface area contributed by atoms with E-state index in [2.05, 4.69) is 15.6 Å². The molecule has 3 aromatic rings. The van der Waals surface area contributed by atoms with Crippen molar-refractivity contribution in [3.8, 4) is 22.9 Å². The Bertz CT molecular complexity index is 1060. The zero-order valence-corrected chi connectivity index (χ0v) is 16.0. The van der Waals surface area contributed by atoms with Gasteiger partial charge in [-0.2, -0.15) is 5.26 Å². The lowest BCUT2D eigenvalue weighted by Crippen LogP contribution is -2.37. The van der Waals surface area contributed by atoms with Crippen LogP contribution in [0.2, 0.25) is 0 Å². The fraction of sp³-hybridized carbons (Fsp3) is 0.200. The average Bonchev–Trinajstić information content (AvgIpc) is 3.12. The first-order valence-electron chi connectivity index (χ1n) is 8.53. The Balaban J connectivity index is 1.68. The van der Waals surface area contributed by atoms with E-state index in [0.717, 1.165) is 27.1 Å². The van der Waals surface area contributed by atoms with E-state index < -0.39 is 5.91 Å². The summed E-state index contributed by atoms with van der Waals surface area (Å²) < 4.78 is 6.26. The van der Waals surface area contributed by atoms with Crippen LogP contribution >= 0.6 is 11.3 Å². The lowest BCUT2D eigenvalue weighted by Gasteiger charge is -2.04. The standard InChI is InChI=1S/C20H18N4O3S/c1-27-15-4-2-3-13(9-15)14-5-6-16-17(10-14)28-20(24-16)11-18(25)23-12-19(26)22-8-7-21/h2-6,9-10H,8,11-12H2,1H3,(H,22,26)(H,23,25). The molecule has 2 amide bonds. The van der Waals surface area contributed by atoms with Crippen molar-refractivity contribution in [2.24, 2.45) is 0 Å². The first-order valence-corrected chi connectivity index (χ1v) is 9.35. The van der Waals surface area contributed by atoms with Crippen molar-refractivity contribution < 1.29 is 14.3 Å². The van der Waals surface area contributed by atoms with Gasteiger partial charge in [-0.1, -0.05) is 18.2 Å². The summed E-state index contributed by atoms with van der Waals surface area (Å²) >= 11 is 1.45. The quantitative estimate of drug-likeness (QED) is 0.598. The third-order valence-corrected chi connectivity index (χ3v) is 4.98. The second-order valence-corrected chi connectivity index (χ2v) is 7.03. The van der Waals surface area contributed by atoms with Gasteiger partial charge in [0, 0.05) is 0 Å². The molecule has 0 aliphatic carbocycles. The van der Waals surface area contributed by atoms with Gasteiger partial charge in [-0.3, -0.25) is 9.59 Å². The Kier molecular flexibility index (Phi) is 6.19. The molecule has 28 heavy (non-hydrogen) atoms. The molecule has 1 heterocycles. The van der Waals surface area contributed by atoms with Gasteiger partial charge < -0.3 is 15.4 Å². The lowest BCUT2D eigenvalue weighted by atomic mass is 10.1. The minimum atomic E-state index is -0.401. The Morgan fingerprint density at radius 3 is 2.75 bits per heavy atom. The monoisotopic (exact) mass is 394 g/mol. The summed E-state index contributed by atoms with van der Waals surface area (Å²) in [6.45, 7) is -0.242. The second kappa shape index (κ2) is 8.97. The molecule has 0 radical (unpaired) electrons. The minimum absolute atomic E-state index is 0.0812. The molecule has 0 saturated heterocycles. The predicted molar refractivity (Wildman–Crippen MR) is 107 cm³/mol. The third-order valence-electron chi connectivity index (χ3n) is 3.96. The molecule has 0 spiro atoms. The van der Waals surface area contributed by atoms with Crippen LogP contribution in [0.25, 0.3) is 21.3 Å². The number of nitriles is 1. The van der Waals surface area contributed by atoms with Gasteiger partial charge in [-0.25, -0.2) is 4.98 Å². The number of thiazole rings is 1. The number of carbonyl (C=O) groups excluding carboxylic acids is 2. The van der Waals surface area contributed by atoms with Crippen LogP contribution in [0.4, 0.5) is 0 Å². The van der Waals surface area contributed by atoms with Crippen LogP contribution in [0.5, 0.6) is 5.75 Å². The lowest BCUT2D eigenvalue weighted by molar-refractivity contribution is -0.125. The maximum absolute atomic E-state index is 12.0. The summed E-state index contributed by atoms with van der Waals surface area (Å²) in [5.74, 6) is 0.0967. The minimum Gasteiger partial charge on any atom is -0.497 e. The summed E-state index contributed by atoms with van der Waals surface area (Å²) in [7, 11) is 1.63. The normalized spacial score (nSPS) is 10.3. The van der Waals surface area contributed by atoms with Crippen molar-refractivity contribution in [2.45, 2.75) is 6.42 Å². The molecular weight excluding hydrogens is 376 g/mol. The maximum Gasteiger partial charge on any atom is 0.240 e. The number of benzene rings is 2. The highest BCUT2D eigenvalue weighted by molar-refractivity contribution is 7.18. The number of hydrogen-bond donors (Lipinski definition) is 2. The number of methoxy groups -OCH3 is 1. The fourth-order valence-electron chi connectivity index (χ4n) is 2.61. The Morgan fingerprint density at radius 2 is 1.96 bits per heavy atom. The molecule has 3 rings (SSSR count). The number of nitrogens with one attached hydrogen (secondary N) is 2. The molecule has 0 atom stereocenters. The van der Waals surface area contributed by atoms with Crippen molar-refractivity contribution in [1.29, 1.82) is 5.26 Å². The zero-order valence-electron chi connectivity index (χ0n) is 15.2. The smallest absolute Gasteiger partial charge is 0.240 e. The topological polar surface area (TPSA) is 104 Å². The molecule has 2 aromatic carbocycles. The number of nitrogens with zero attached hydrogens (tertiary/aromatic N) is 2. The number of ether oxygens (including phenoxy) is 1. The summed E-state index contributed by atoms with van der Waals surface area (Å²) in [6, 6.07) is 15.6. The van der Waals surface area contributed by atoms with Crippen LogP contribution in [0.1, 0.15) is 5.01 Å². The van der Waals surface area contributed by atoms with Gasteiger partial charge in [-0.05, 0) is 35.4 Å². The van der Waals surface area contributed by atoms with E-state index in [9.17, 15) is 9.59 Å². The molecule has 142 valence electrons. The van der Waals surface area contributed by atoms with Crippen LogP contribution < -0.4 is 15.4 Å². The maximum atomic E-state index is 12.0. The number of hydrogen-bond acceptors (Lipinski definition) is 6. The Hall–Kier alpha value is -3.44. The van der Waals surface area contributed by atoms with Crippen LogP contribution in [-0.4, -0.2) is 37.0 Å². The summed E-state index contributed by atoms with van der Waals surface area (Å²) in [4.78, 5) is 27.9. The summed E-state index contributed by atoms with van der Waals surface area (Å²) in [6.07, 6.45) is 0.0966. The number of carbonyl (C=O) groups is 2. The van der Waals surface area contributed by atoms with Crippen molar-refractivity contribution in [2.75, 3.05) is 20.2 Å². The predicted octanol–water partition coefficient (Wildman–Crippen LogP) is 2.27. The van der Waals surface area contributed by atoms with Crippen LogP contribution in [0.3, 0.4) is 0 Å². The first-order chi connectivity index (χ1) is 13.6. The largest absolute Gasteiger partial charge is 0.497 e. The van der Waals surface area contributed by atoms with Gasteiger partial charge >= 0.3 is 0 Å². The van der Waals surface area contributed by atoms with Gasteiger partial charge in [0.15, 0.2) is 0 Å². The highest BCUT2D eigenvalue weighted by Crippen LogP contribution is 2.30. The van der Waals surface area contributed by atoms with Gasteiger partial charge in [0.25, 0.3) is 0 Å². The molecule has 0 aliphatic rings. The van der Waals surface area contributed by atoms with E-state index >= 15 is 0 Å². The SMILES string of the molecule is COc1cccc(-c2ccc3nc(CC(=O)NCC(=O)NCC#N)sc3c2)c1. The summed E-state index contributed by atoms with van der Waals surface area (Å²) in [5, 5.41) is 14.0. The van der Waals surface area contributed by atoms with Crippen LogP contribution in [-0.2, 0) is 16.0 Å². The Morgan fingerprint density at radius 1 is 1.14 bits per heavy atom. The molecule has 8 heteroatoms. The van der Waals surface area contributed by atoms with E-state index in [4.69, 9.17) is 10.00 Å². The average molecular weight is 394 g/mol. The van der Waals surface area contributed by atoms with Crippen molar-refractivity contribution in [3.63, 3.8) is 0 Å². The molecule has 2 N–H and O–H groups in total. The van der Waals surface area contributed by atoms with E-state index in [0.29, 0.717) is 5.01 Å². The zero-order chi connectivity index (χ0) is 19.9. The van der Waals surface area contributed by atoms with Gasteiger partial charge in [0.1, 0.15) is 17.3 Å². The van der Waals surface area contributed by atoms with Crippen molar-refractivity contribution in [1.82, 2.24) is 15.6 Å². The molecule has 0 bridgehead atoms. The van der Waals surface area contributed by atoms with E-state index in [1.807, 2.05) is 42.5 Å². The third kappa shape index (κ3) is 4.84. The molecule has 0 saturated carbocycles. The Labute approximate surface area is 166 Å². The second-order valence-electron chi connectivity index (χ2n) is 5.91. The van der Waals surface area contributed by atoms with Crippen LogP contribution in [0.15, 0.2) is 42.5 Å². The van der Waals surface area contributed by atoms with Gasteiger partial charge in [0.05, 0.1) is 36.4 Å². The van der Waals surface area contributed by atoms with Crippen molar-refractivity contribution in [3.05, 3.63) is 47.5 Å². The summed E-state index contributed by atoms with van der Waals surface area (Å²) in [5.41, 5.74) is 2.91. The molecule has 0 unspecified atom stereocenters. The molecule has 0 aliphatic heterocycles. The molecule has 7 nitrogen and oxygen atoms in total. The highest BCUT2D eigenvalue weighted by Gasteiger charge is 2.11. The molecular formula is C20H18N4O3S. The van der Waals surface area contributed by atoms with E-state index in [1.54, 1.807) is 13.2 Å². The fourth-order valence-corrected chi connectivity index (χ4v) is 3.61. The number of amides is 2. The first kappa shape index (κ1) is 19.3. The van der Waals surface area contributed by atoms with E-state index in [1.165, 1.54) is 11.3 Å². The van der Waals surface area contributed by atoms with E-state index in [-0.39, 0.29) is 25.4 Å². The number of fused-ring (bicyclic) bond motifs is 1. The number of rotatable bonds is 7.